The van der Waals surface area contributed by atoms with Crippen LogP contribution in [0.5, 0.6) is 0 Å². The van der Waals surface area contributed by atoms with Crippen molar-refractivity contribution in [3.8, 4) is 0 Å². The van der Waals surface area contributed by atoms with Crippen molar-refractivity contribution >= 4 is 17.9 Å². The summed E-state index contributed by atoms with van der Waals surface area (Å²) < 4.78 is 17.0. The van der Waals surface area contributed by atoms with Crippen molar-refractivity contribution in [2.75, 3.05) is 13.2 Å². The van der Waals surface area contributed by atoms with Gasteiger partial charge in [-0.2, -0.15) is 0 Å². The highest BCUT2D eigenvalue weighted by Gasteiger charge is 2.19. The van der Waals surface area contributed by atoms with Crippen molar-refractivity contribution < 1.29 is 28.6 Å². The van der Waals surface area contributed by atoms with Crippen LogP contribution in [0.2, 0.25) is 0 Å². The lowest BCUT2D eigenvalue weighted by molar-refractivity contribution is -0.167. The van der Waals surface area contributed by atoms with Gasteiger partial charge in [-0.3, -0.25) is 14.4 Å². The lowest BCUT2D eigenvalue weighted by Gasteiger charge is -2.18. The molecule has 0 N–H and O–H groups in total. The topological polar surface area (TPSA) is 78.9 Å². The Labute approximate surface area is 506 Å². The minimum absolute atomic E-state index is 0.0697. The number of carbonyl (C=O) groups is 3. The van der Waals surface area contributed by atoms with Crippen LogP contribution in [-0.4, -0.2) is 37.2 Å². The van der Waals surface area contributed by atoms with E-state index in [9.17, 15) is 14.4 Å². The standard InChI is InChI=1S/C75H140O6/c1-4-7-10-13-16-19-22-24-26-28-30-32-34-36-38-40-41-43-45-47-49-51-53-56-59-62-65-68-74(77)80-71-72(70-79-73(76)67-64-61-58-55-21-18-15-12-9-6-3)81-75(78)69-66-63-60-57-54-52-50-48-46-44-42-39-37-35-33-31-29-27-25-23-20-17-14-11-8-5-2/h12,15,22,24,28,30,72H,4-11,13-14,16-21,23,25-27,29,31-71H2,1-3H3/b15-12-,24-22-,30-28-. The second kappa shape index (κ2) is 70.1. The Morgan fingerprint density at radius 1 is 0.247 bits per heavy atom. The minimum Gasteiger partial charge on any atom is -0.462 e. The molecule has 0 fully saturated rings. The molecule has 0 aromatic carbocycles. The van der Waals surface area contributed by atoms with Crippen LogP contribution in [-0.2, 0) is 28.6 Å². The van der Waals surface area contributed by atoms with Gasteiger partial charge in [-0.25, -0.2) is 0 Å². The van der Waals surface area contributed by atoms with Crippen molar-refractivity contribution in [3.05, 3.63) is 36.5 Å². The molecule has 6 heteroatoms. The second-order valence-electron chi connectivity index (χ2n) is 24.9. The summed E-state index contributed by atoms with van der Waals surface area (Å²) in [5, 5.41) is 0. The molecule has 0 aromatic heterocycles. The minimum atomic E-state index is -0.773. The summed E-state index contributed by atoms with van der Waals surface area (Å²) >= 11 is 0. The largest absolute Gasteiger partial charge is 0.462 e. The van der Waals surface area contributed by atoms with Gasteiger partial charge in [0, 0.05) is 19.3 Å². The van der Waals surface area contributed by atoms with Crippen LogP contribution < -0.4 is 0 Å². The third-order valence-electron chi connectivity index (χ3n) is 16.6. The van der Waals surface area contributed by atoms with Crippen LogP contribution >= 0.6 is 0 Å². The van der Waals surface area contributed by atoms with E-state index >= 15 is 0 Å². The molecule has 0 amide bonds. The lowest BCUT2D eigenvalue weighted by Crippen LogP contribution is -2.30. The molecular weight excluding hydrogens is 997 g/mol. The number of unbranched alkanes of at least 4 members (excludes halogenated alkanes) is 51. The average Bonchev–Trinajstić information content (AvgIpc) is 3.47. The summed E-state index contributed by atoms with van der Waals surface area (Å²) in [6.07, 6.45) is 87.7. The van der Waals surface area contributed by atoms with Gasteiger partial charge in [0.1, 0.15) is 13.2 Å². The molecule has 0 aromatic rings. The fourth-order valence-electron chi connectivity index (χ4n) is 11.1. The number of esters is 3. The Kier molecular flexibility index (Phi) is 68.1. The van der Waals surface area contributed by atoms with E-state index in [1.807, 2.05) is 0 Å². The molecule has 6 nitrogen and oxygen atoms in total. The first-order valence-corrected chi connectivity index (χ1v) is 36.5. The third kappa shape index (κ3) is 68.3. The van der Waals surface area contributed by atoms with E-state index in [4.69, 9.17) is 14.2 Å². The fourth-order valence-corrected chi connectivity index (χ4v) is 11.1. The van der Waals surface area contributed by atoms with Crippen molar-refractivity contribution in [2.45, 2.75) is 412 Å². The van der Waals surface area contributed by atoms with Crippen molar-refractivity contribution in [1.29, 1.82) is 0 Å². The van der Waals surface area contributed by atoms with Gasteiger partial charge >= 0.3 is 17.9 Å². The zero-order valence-electron chi connectivity index (χ0n) is 54.8. The van der Waals surface area contributed by atoms with Crippen molar-refractivity contribution in [2.24, 2.45) is 0 Å². The number of hydrogen-bond acceptors (Lipinski definition) is 6. The highest BCUT2D eigenvalue weighted by Crippen LogP contribution is 2.19. The van der Waals surface area contributed by atoms with Gasteiger partial charge in [0.2, 0.25) is 0 Å². The SMILES string of the molecule is CCC/C=C\CCCCCCCC(=O)OCC(COC(=O)CCCCCCCCCCCCCCCCC/C=C\C/C=C\CCCCCCC)OC(=O)CCCCCCCCCCCCCCCCCCCCCCCCCCCC. The molecule has 1 unspecified atom stereocenters. The maximum absolute atomic E-state index is 12.9. The zero-order chi connectivity index (χ0) is 58.5. The first-order chi connectivity index (χ1) is 40.0. The maximum atomic E-state index is 12.9. The molecule has 0 saturated heterocycles. The monoisotopic (exact) mass is 1140 g/mol. The molecule has 0 heterocycles. The number of carbonyl (C=O) groups excluding carboxylic acids is 3. The highest BCUT2D eigenvalue weighted by molar-refractivity contribution is 5.71. The smallest absolute Gasteiger partial charge is 0.306 e. The van der Waals surface area contributed by atoms with Gasteiger partial charge in [-0.05, 0) is 70.6 Å². The number of allylic oxidation sites excluding steroid dienone is 6. The Bertz CT molecular complexity index is 1350. The van der Waals surface area contributed by atoms with Crippen LogP contribution in [0, 0.1) is 0 Å². The van der Waals surface area contributed by atoms with Crippen molar-refractivity contribution in [3.63, 3.8) is 0 Å². The van der Waals surface area contributed by atoms with Gasteiger partial charge in [0.25, 0.3) is 0 Å². The molecule has 0 aliphatic carbocycles. The third-order valence-corrected chi connectivity index (χ3v) is 16.6. The summed E-state index contributed by atoms with van der Waals surface area (Å²) in [5.41, 5.74) is 0. The Morgan fingerprint density at radius 2 is 0.469 bits per heavy atom. The Hall–Kier alpha value is -2.37. The molecule has 0 aliphatic heterocycles. The first-order valence-electron chi connectivity index (χ1n) is 36.5. The summed E-state index contributed by atoms with van der Waals surface area (Å²) in [4.78, 5) is 38.4. The molecule has 1 atom stereocenters. The Morgan fingerprint density at radius 3 is 0.741 bits per heavy atom. The van der Waals surface area contributed by atoms with Crippen LogP contribution in [0.25, 0.3) is 0 Å². The van der Waals surface area contributed by atoms with Crippen LogP contribution in [0.4, 0.5) is 0 Å². The first kappa shape index (κ1) is 78.6. The molecule has 476 valence electrons. The molecule has 0 aliphatic rings. The number of rotatable bonds is 68. The predicted molar refractivity (Wildman–Crippen MR) is 353 cm³/mol. The van der Waals surface area contributed by atoms with Crippen LogP contribution in [0.3, 0.4) is 0 Å². The molecule has 0 saturated carbocycles. The Balaban J connectivity index is 4.11. The van der Waals surface area contributed by atoms with Gasteiger partial charge in [-0.1, -0.05) is 353 Å². The summed E-state index contributed by atoms with van der Waals surface area (Å²) in [6, 6.07) is 0. The zero-order valence-corrected chi connectivity index (χ0v) is 54.8. The summed E-state index contributed by atoms with van der Waals surface area (Å²) in [7, 11) is 0. The van der Waals surface area contributed by atoms with E-state index in [0.29, 0.717) is 19.3 Å². The quantitative estimate of drug-likeness (QED) is 0.0261. The van der Waals surface area contributed by atoms with Crippen LogP contribution in [0.15, 0.2) is 36.5 Å². The van der Waals surface area contributed by atoms with Gasteiger partial charge in [0.15, 0.2) is 6.10 Å². The fraction of sp³-hybridized carbons (Fsp3) is 0.880. The molecule has 81 heavy (non-hydrogen) atoms. The van der Waals surface area contributed by atoms with E-state index < -0.39 is 6.10 Å². The number of hydrogen-bond donors (Lipinski definition) is 0. The van der Waals surface area contributed by atoms with E-state index in [0.717, 1.165) is 77.0 Å². The summed E-state index contributed by atoms with van der Waals surface area (Å²) in [6.45, 7) is 6.64. The molecule has 0 bridgehead atoms. The molecular formula is C75H140O6. The van der Waals surface area contributed by atoms with Gasteiger partial charge < -0.3 is 14.2 Å². The maximum Gasteiger partial charge on any atom is 0.306 e. The van der Waals surface area contributed by atoms with Gasteiger partial charge in [0.05, 0.1) is 0 Å². The van der Waals surface area contributed by atoms with E-state index in [1.165, 1.54) is 289 Å². The second-order valence-corrected chi connectivity index (χ2v) is 24.9. The average molecular weight is 1140 g/mol. The molecule has 0 rings (SSSR count). The highest BCUT2D eigenvalue weighted by atomic mass is 16.6. The molecule has 0 radical (unpaired) electrons. The van der Waals surface area contributed by atoms with Crippen molar-refractivity contribution in [1.82, 2.24) is 0 Å². The van der Waals surface area contributed by atoms with E-state index in [2.05, 4.69) is 57.2 Å². The van der Waals surface area contributed by atoms with E-state index in [-0.39, 0.29) is 31.1 Å². The molecule has 0 spiro atoms. The normalized spacial score (nSPS) is 12.2. The predicted octanol–water partition coefficient (Wildman–Crippen LogP) is 25.1. The lowest BCUT2D eigenvalue weighted by atomic mass is 10.0. The van der Waals surface area contributed by atoms with Crippen LogP contribution in [0.1, 0.15) is 406 Å². The van der Waals surface area contributed by atoms with E-state index in [1.54, 1.807) is 0 Å². The summed E-state index contributed by atoms with van der Waals surface area (Å²) in [5.74, 6) is -0.852. The number of ether oxygens (including phenoxy) is 3. The van der Waals surface area contributed by atoms with Gasteiger partial charge in [-0.15, -0.1) is 0 Å².